The molecule has 2 rings (SSSR count). The van der Waals surface area contributed by atoms with E-state index in [-0.39, 0.29) is 0 Å². The van der Waals surface area contributed by atoms with Gasteiger partial charge in [0.2, 0.25) is 5.91 Å². The first-order chi connectivity index (χ1) is 10.6. The van der Waals surface area contributed by atoms with Crippen LogP contribution in [0.3, 0.4) is 0 Å². The number of nitrogens with zero attached hydrogens (tertiary/aromatic N) is 4. The molecule has 1 amide bonds. The van der Waals surface area contributed by atoms with Crippen LogP contribution >= 0.6 is 0 Å². The summed E-state index contributed by atoms with van der Waals surface area (Å²) in [6.45, 7) is 16.7. The average molecular weight is 310 g/mol. The highest BCUT2D eigenvalue weighted by Crippen LogP contribution is 2.08. The van der Waals surface area contributed by atoms with Crippen molar-refractivity contribution in [3.05, 3.63) is 0 Å². The Bertz CT molecular complexity index is 332. The van der Waals surface area contributed by atoms with Gasteiger partial charge < -0.3 is 9.80 Å². The molecule has 2 fully saturated rings. The van der Waals surface area contributed by atoms with E-state index in [0.717, 1.165) is 52.4 Å². The molecule has 2 heterocycles. The molecule has 0 saturated carbocycles. The van der Waals surface area contributed by atoms with Crippen LogP contribution in [0.15, 0.2) is 0 Å². The van der Waals surface area contributed by atoms with E-state index in [1.807, 2.05) is 0 Å². The molecule has 0 N–H and O–H groups in total. The Morgan fingerprint density at radius 2 is 1.50 bits per heavy atom. The van der Waals surface area contributed by atoms with E-state index in [1.54, 1.807) is 0 Å². The smallest absolute Gasteiger partial charge is 0.236 e. The second kappa shape index (κ2) is 8.85. The zero-order chi connectivity index (χ0) is 15.9. The van der Waals surface area contributed by atoms with E-state index in [4.69, 9.17) is 0 Å². The Labute approximate surface area is 136 Å². The van der Waals surface area contributed by atoms with E-state index in [2.05, 4.69) is 40.4 Å². The predicted molar refractivity (Wildman–Crippen MR) is 91.1 cm³/mol. The number of carbonyl (C=O) groups is 1. The zero-order valence-corrected chi connectivity index (χ0v) is 14.8. The molecular weight excluding hydrogens is 276 g/mol. The topological polar surface area (TPSA) is 30.0 Å². The first-order valence-corrected chi connectivity index (χ1v) is 9.06. The Morgan fingerprint density at radius 3 is 2.05 bits per heavy atom. The second-order valence-electron chi connectivity index (χ2n) is 6.98. The van der Waals surface area contributed by atoms with Gasteiger partial charge in [0, 0.05) is 58.4 Å². The monoisotopic (exact) mass is 310 g/mol. The molecule has 0 spiro atoms. The average Bonchev–Trinajstić information content (AvgIpc) is 2.54. The van der Waals surface area contributed by atoms with Gasteiger partial charge in [-0.2, -0.15) is 0 Å². The molecule has 5 nitrogen and oxygen atoms in total. The van der Waals surface area contributed by atoms with E-state index < -0.39 is 0 Å². The minimum atomic E-state index is 0.324. The lowest BCUT2D eigenvalue weighted by Crippen LogP contribution is -2.54. The number of rotatable bonds is 6. The molecule has 2 aliphatic heterocycles. The molecule has 0 aromatic rings. The number of carbonyl (C=O) groups excluding carboxylic acids is 1. The minimum absolute atomic E-state index is 0.324. The Balaban J connectivity index is 1.66. The Morgan fingerprint density at radius 1 is 0.909 bits per heavy atom. The highest BCUT2D eigenvalue weighted by molar-refractivity contribution is 5.78. The third-order valence-corrected chi connectivity index (χ3v) is 5.05. The maximum atomic E-state index is 12.4. The molecule has 0 aromatic heterocycles. The predicted octanol–water partition coefficient (Wildman–Crippen LogP) is 0.957. The van der Waals surface area contributed by atoms with Crippen LogP contribution in [0.5, 0.6) is 0 Å². The lowest BCUT2D eigenvalue weighted by atomic mass is 10.2. The van der Waals surface area contributed by atoms with Gasteiger partial charge in [0.05, 0.1) is 6.54 Å². The van der Waals surface area contributed by atoms with Crippen molar-refractivity contribution in [2.45, 2.75) is 39.7 Å². The number of amides is 1. The summed E-state index contributed by atoms with van der Waals surface area (Å²) in [4.78, 5) is 21.8. The molecule has 0 atom stereocenters. The van der Waals surface area contributed by atoms with Crippen molar-refractivity contribution in [1.29, 1.82) is 0 Å². The highest BCUT2D eigenvalue weighted by Gasteiger charge is 2.25. The van der Waals surface area contributed by atoms with E-state index in [9.17, 15) is 4.79 Å². The molecule has 0 radical (unpaired) electrons. The summed E-state index contributed by atoms with van der Waals surface area (Å²) in [6, 6.07) is 0.591. The quantitative estimate of drug-likeness (QED) is 0.731. The first-order valence-electron chi connectivity index (χ1n) is 9.06. The summed E-state index contributed by atoms with van der Waals surface area (Å²) in [5, 5.41) is 0. The minimum Gasteiger partial charge on any atom is -0.339 e. The molecule has 22 heavy (non-hydrogen) atoms. The van der Waals surface area contributed by atoms with Crippen LogP contribution in [-0.2, 0) is 4.79 Å². The number of piperazine rings is 2. The van der Waals surface area contributed by atoms with Crippen molar-refractivity contribution in [1.82, 2.24) is 19.6 Å². The molecule has 0 aliphatic carbocycles. The van der Waals surface area contributed by atoms with Gasteiger partial charge in [0.1, 0.15) is 0 Å². The summed E-state index contributed by atoms with van der Waals surface area (Å²) < 4.78 is 0. The van der Waals surface area contributed by atoms with Crippen LogP contribution < -0.4 is 0 Å². The van der Waals surface area contributed by atoms with E-state index in [0.29, 0.717) is 18.5 Å². The van der Waals surface area contributed by atoms with Gasteiger partial charge in [-0.15, -0.1) is 0 Å². The highest BCUT2D eigenvalue weighted by atomic mass is 16.2. The first kappa shape index (κ1) is 17.7. The molecule has 2 saturated heterocycles. The Kier molecular flexibility index (Phi) is 7.12. The van der Waals surface area contributed by atoms with Crippen molar-refractivity contribution < 1.29 is 4.79 Å². The van der Waals surface area contributed by atoms with Gasteiger partial charge in [0.15, 0.2) is 0 Å². The maximum Gasteiger partial charge on any atom is 0.236 e. The van der Waals surface area contributed by atoms with Gasteiger partial charge >= 0.3 is 0 Å². The van der Waals surface area contributed by atoms with Gasteiger partial charge in [-0.1, -0.05) is 13.3 Å². The van der Waals surface area contributed by atoms with E-state index in [1.165, 1.54) is 19.4 Å². The standard InChI is InChI=1S/C17H34N4O/c1-4-5-6-18-7-9-19(10-8-18)15-17(22)21-13-11-20(12-14-21)16(2)3/h16H,4-15H2,1-3H3. The van der Waals surface area contributed by atoms with Crippen molar-refractivity contribution in [3.8, 4) is 0 Å². The molecule has 5 heteroatoms. The molecule has 2 aliphatic rings. The SMILES string of the molecule is CCCCN1CCN(CC(=O)N2CCN(C(C)C)CC2)CC1. The number of unbranched alkanes of at least 4 members (excludes halogenated alkanes) is 1. The summed E-state index contributed by atoms with van der Waals surface area (Å²) in [7, 11) is 0. The molecule has 128 valence electrons. The van der Waals surface area contributed by atoms with Crippen molar-refractivity contribution >= 4 is 5.91 Å². The lowest BCUT2D eigenvalue weighted by molar-refractivity contribution is -0.134. The largest absolute Gasteiger partial charge is 0.339 e. The van der Waals surface area contributed by atoms with Crippen LogP contribution in [0.25, 0.3) is 0 Å². The van der Waals surface area contributed by atoms with E-state index >= 15 is 0 Å². The van der Waals surface area contributed by atoms with Gasteiger partial charge in [-0.3, -0.25) is 14.6 Å². The number of hydrogen-bond acceptors (Lipinski definition) is 4. The fourth-order valence-electron chi connectivity index (χ4n) is 3.33. The summed E-state index contributed by atoms with van der Waals surface area (Å²) in [5.74, 6) is 0.324. The maximum absolute atomic E-state index is 12.4. The molecule has 0 aromatic carbocycles. The molecule has 0 unspecified atom stereocenters. The normalized spacial score (nSPS) is 22.5. The van der Waals surface area contributed by atoms with Crippen LogP contribution in [0.2, 0.25) is 0 Å². The van der Waals surface area contributed by atoms with Crippen molar-refractivity contribution in [3.63, 3.8) is 0 Å². The van der Waals surface area contributed by atoms with Crippen molar-refractivity contribution in [2.24, 2.45) is 0 Å². The molecular formula is C17H34N4O. The van der Waals surface area contributed by atoms with Crippen LogP contribution in [-0.4, -0.2) is 97.0 Å². The Hall–Kier alpha value is -0.650. The van der Waals surface area contributed by atoms with Gasteiger partial charge in [-0.05, 0) is 26.8 Å². The van der Waals surface area contributed by atoms with Gasteiger partial charge in [0.25, 0.3) is 0 Å². The van der Waals surface area contributed by atoms with Crippen LogP contribution in [0.1, 0.15) is 33.6 Å². The fraction of sp³-hybridized carbons (Fsp3) is 0.941. The third kappa shape index (κ3) is 5.21. The van der Waals surface area contributed by atoms with Gasteiger partial charge in [-0.25, -0.2) is 0 Å². The summed E-state index contributed by atoms with van der Waals surface area (Å²) in [5.41, 5.74) is 0. The fourth-order valence-corrected chi connectivity index (χ4v) is 3.33. The summed E-state index contributed by atoms with van der Waals surface area (Å²) >= 11 is 0. The summed E-state index contributed by atoms with van der Waals surface area (Å²) in [6.07, 6.45) is 2.56. The second-order valence-corrected chi connectivity index (χ2v) is 6.98. The van der Waals surface area contributed by atoms with Crippen LogP contribution in [0, 0.1) is 0 Å². The van der Waals surface area contributed by atoms with Crippen LogP contribution in [0.4, 0.5) is 0 Å². The van der Waals surface area contributed by atoms with Crippen molar-refractivity contribution in [2.75, 3.05) is 65.4 Å². The lowest BCUT2D eigenvalue weighted by Gasteiger charge is -2.39. The third-order valence-electron chi connectivity index (χ3n) is 5.05. The molecule has 0 bridgehead atoms. The number of hydrogen-bond donors (Lipinski definition) is 0. The zero-order valence-electron chi connectivity index (χ0n) is 14.8.